The number of aliphatic hydroxyl groups excluding tert-OH is 2. The molecule has 2 N–H and O–H groups in total. The van der Waals surface area contributed by atoms with Gasteiger partial charge in [0.05, 0.1) is 24.9 Å². The van der Waals surface area contributed by atoms with E-state index in [4.69, 9.17) is 9.47 Å². The average Bonchev–Trinajstić information content (AvgIpc) is 3.17. The molecule has 0 unspecified atom stereocenters. The minimum Gasteiger partial charge on any atom is -0.393 e. The van der Waals surface area contributed by atoms with Crippen molar-refractivity contribution in [2.45, 2.75) is 110 Å². The number of rotatable bonds is 0. The van der Waals surface area contributed by atoms with Crippen LogP contribution >= 0.6 is 0 Å². The first-order chi connectivity index (χ1) is 14.7. The Labute approximate surface area is 188 Å². The third-order valence-electron chi connectivity index (χ3n) is 11.9. The fraction of sp³-hybridized carbons (Fsp3) is 1.00. The molecular weight excluding hydrogens is 388 g/mol. The maximum Gasteiger partial charge on any atom is 0.171 e. The van der Waals surface area contributed by atoms with Crippen LogP contribution < -0.4 is 0 Å². The second kappa shape index (κ2) is 6.93. The van der Waals surface area contributed by atoms with Gasteiger partial charge in [-0.2, -0.15) is 0 Å². The molecule has 6 rings (SSSR count). The molecule has 0 aromatic heterocycles. The Morgan fingerprint density at radius 3 is 2.32 bits per heavy atom. The molecule has 31 heavy (non-hydrogen) atoms. The quantitative estimate of drug-likeness (QED) is 0.579. The summed E-state index contributed by atoms with van der Waals surface area (Å²) in [6, 6.07) is 0. The van der Waals surface area contributed by atoms with E-state index in [1.165, 1.54) is 19.3 Å². The van der Waals surface area contributed by atoms with Crippen LogP contribution in [0.1, 0.15) is 85.5 Å². The predicted molar refractivity (Wildman–Crippen MR) is 119 cm³/mol. The number of aliphatic hydroxyl groups is 2. The van der Waals surface area contributed by atoms with Crippen LogP contribution in [-0.4, -0.2) is 40.9 Å². The normalized spacial score (nSPS) is 63.3. The van der Waals surface area contributed by atoms with Gasteiger partial charge in [-0.05, 0) is 97.7 Å². The van der Waals surface area contributed by atoms with E-state index in [0.717, 1.165) is 45.1 Å². The molecule has 0 radical (unpaired) electrons. The van der Waals surface area contributed by atoms with E-state index in [1.807, 2.05) is 0 Å². The third kappa shape index (κ3) is 2.80. The molecule has 6 aliphatic rings. The van der Waals surface area contributed by atoms with Gasteiger partial charge in [0.2, 0.25) is 0 Å². The van der Waals surface area contributed by atoms with Crippen molar-refractivity contribution in [3.63, 3.8) is 0 Å². The minimum atomic E-state index is -0.338. The van der Waals surface area contributed by atoms with Gasteiger partial charge in [0.25, 0.3) is 0 Å². The summed E-state index contributed by atoms with van der Waals surface area (Å²) in [6.07, 6.45) is 9.58. The number of hydrogen-bond acceptors (Lipinski definition) is 4. The lowest BCUT2D eigenvalue weighted by Crippen LogP contribution is -2.58. The predicted octanol–water partition coefficient (Wildman–Crippen LogP) is 4.76. The molecule has 6 fully saturated rings. The van der Waals surface area contributed by atoms with Gasteiger partial charge >= 0.3 is 0 Å². The molecule has 0 amide bonds. The molecule has 4 saturated carbocycles. The van der Waals surface area contributed by atoms with E-state index in [9.17, 15) is 10.2 Å². The largest absolute Gasteiger partial charge is 0.393 e. The lowest BCUT2D eigenvalue weighted by atomic mass is 9.43. The highest BCUT2D eigenvalue weighted by Gasteiger charge is 2.69. The molecule has 4 heteroatoms. The van der Waals surface area contributed by atoms with Crippen molar-refractivity contribution in [2.75, 3.05) is 6.61 Å². The van der Waals surface area contributed by atoms with Crippen molar-refractivity contribution in [1.29, 1.82) is 0 Å². The summed E-state index contributed by atoms with van der Waals surface area (Å²) in [7, 11) is 0. The zero-order valence-corrected chi connectivity index (χ0v) is 20.1. The Morgan fingerprint density at radius 2 is 1.58 bits per heavy atom. The van der Waals surface area contributed by atoms with E-state index in [1.54, 1.807) is 0 Å². The zero-order valence-electron chi connectivity index (χ0n) is 20.1. The third-order valence-corrected chi connectivity index (χ3v) is 11.9. The van der Waals surface area contributed by atoms with Crippen molar-refractivity contribution in [1.82, 2.24) is 0 Å². The minimum absolute atomic E-state index is 0.191. The molecule has 2 heterocycles. The fourth-order valence-corrected chi connectivity index (χ4v) is 10.3. The van der Waals surface area contributed by atoms with E-state index in [-0.39, 0.29) is 29.3 Å². The van der Waals surface area contributed by atoms with Gasteiger partial charge in [0, 0.05) is 12.3 Å². The fourth-order valence-electron chi connectivity index (χ4n) is 10.3. The lowest BCUT2D eigenvalue weighted by molar-refractivity contribution is -0.273. The monoisotopic (exact) mass is 432 g/mol. The molecule has 176 valence electrons. The molecule has 0 bridgehead atoms. The smallest absolute Gasteiger partial charge is 0.171 e. The van der Waals surface area contributed by atoms with Gasteiger partial charge in [-0.3, -0.25) is 0 Å². The molecule has 2 saturated heterocycles. The van der Waals surface area contributed by atoms with Gasteiger partial charge < -0.3 is 19.7 Å². The van der Waals surface area contributed by atoms with Crippen molar-refractivity contribution < 1.29 is 19.7 Å². The summed E-state index contributed by atoms with van der Waals surface area (Å²) in [6.45, 7) is 10.6. The first-order valence-electron chi connectivity index (χ1n) is 13.4. The lowest BCUT2D eigenvalue weighted by Gasteiger charge is -2.62. The zero-order chi connectivity index (χ0) is 21.8. The van der Waals surface area contributed by atoms with Gasteiger partial charge in [-0.1, -0.05) is 27.7 Å². The molecule has 0 aromatic rings. The second-order valence-electron chi connectivity index (χ2n) is 13.2. The van der Waals surface area contributed by atoms with Gasteiger partial charge in [-0.15, -0.1) is 0 Å². The maximum atomic E-state index is 11.2. The summed E-state index contributed by atoms with van der Waals surface area (Å²) in [5.41, 5.74) is 0.495. The Balaban J connectivity index is 1.28. The molecule has 0 aromatic carbocycles. The van der Waals surface area contributed by atoms with E-state index in [2.05, 4.69) is 27.7 Å². The Hall–Kier alpha value is -0.160. The van der Waals surface area contributed by atoms with Crippen LogP contribution in [0.25, 0.3) is 0 Å². The van der Waals surface area contributed by atoms with E-state index in [0.29, 0.717) is 47.0 Å². The molecular formula is C27H44O4. The standard InChI is InChI=1S/C27H44O4/c1-15-5-10-27(30-14-15)16(2)24-23(31-27)13-20-18-12-22(29)21-11-17(28)6-8-25(21,3)19(18)7-9-26(20,24)4/h15-24,28-29H,5-14H2,1-4H3/t15-,16+,17-,18-,19+,20+,21+,22-,23+,24+,25+,26-,27-/m0/s1. The summed E-state index contributed by atoms with van der Waals surface area (Å²) >= 11 is 0. The van der Waals surface area contributed by atoms with Gasteiger partial charge in [0.15, 0.2) is 5.79 Å². The highest BCUT2D eigenvalue weighted by atomic mass is 16.7. The summed E-state index contributed by atoms with van der Waals surface area (Å²) in [4.78, 5) is 0. The highest BCUT2D eigenvalue weighted by molar-refractivity contribution is 5.16. The van der Waals surface area contributed by atoms with Crippen LogP contribution in [0.4, 0.5) is 0 Å². The number of ether oxygens (including phenoxy) is 2. The van der Waals surface area contributed by atoms with Gasteiger partial charge in [0.1, 0.15) is 0 Å². The van der Waals surface area contributed by atoms with Crippen LogP contribution in [0, 0.1) is 52.3 Å². The van der Waals surface area contributed by atoms with Crippen molar-refractivity contribution in [3.8, 4) is 0 Å². The van der Waals surface area contributed by atoms with Crippen LogP contribution in [0.2, 0.25) is 0 Å². The number of hydrogen-bond donors (Lipinski definition) is 2. The highest BCUT2D eigenvalue weighted by Crippen LogP contribution is 2.71. The summed E-state index contributed by atoms with van der Waals surface area (Å²) < 4.78 is 13.3. The molecule has 4 aliphatic carbocycles. The Kier molecular flexibility index (Phi) is 4.78. The SMILES string of the molecule is C[C@H]1CC[C@]2(OC1)O[C@@H]1C[C@@H]3[C@H]4C[C@H](O)[C@H]5C[C@@H](O)CC[C@]5(C)[C@@H]4CC[C@]3(C)[C@@H]1[C@H]2C. The molecule has 13 atom stereocenters. The summed E-state index contributed by atoms with van der Waals surface area (Å²) in [5.74, 6) is 3.58. The second-order valence-corrected chi connectivity index (χ2v) is 13.2. The van der Waals surface area contributed by atoms with Crippen LogP contribution in [0.15, 0.2) is 0 Å². The van der Waals surface area contributed by atoms with Crippen molar-refractivity contribution in [2.24, 2.45) is 52.3 Å². The Morgan fingerprint density at radius 1 is 0.806 bits per heavy atom. The molecule has 2 aliphatic heterocycles. The first kappa shape index (κ1) is 21.4. The van der Waals surface area contributed by atoms with Crippen LogP contribution in [0.5, 0.6) is 0 Å². The molecule has 4 nitrogen and oxygen atoms in total. The number of fused-ring (bicyclic) bond motifs is 7. The summed E-state index contributed by atoms with van der Waals surface area (Å²) in [5, 5.41) is 21.5. The Bertz CT molecular complexity index is 716. The van der Waals surface area contributed by atoms with E-state index < -0.39 is 0 Å². The van der Waals surface area contributed by atoms with E-state index >= 15 is 0 Å². The van der Waals surface area contributed by atoms with Crippen molar-refractivity contribution in [3.05, 3.63) is 0 Å². The maximum absolute atomic E-state index is 11.2. The van der Waals surface area contributed by atoms with Crippen molar-refractivity contribution >= 4 is 0 Å². The topological polar surface area (TPSA) is 58.9 Å². The first-order valence-corrected chi connectivity index (χ1v) is 13.4. The van der Waals surface area contributed by atoms with Gasteiger partial charge in [-0.25, -0.2) is 0 Å². The molecule has 1 spiro atoms. The van der Waals surface area contributed by atoms with Crippen LogP contribution in [-0.2, 0) is 9.47 Å². The average molecular weight is 433 g/mol. The van der Waals surface area contributed by atoms with Crippen LogP contribution in [0.3, 0.4) is 0 Å².